The maximum atomic E-state index is 11.7. The quantitative estimate of drug-likeness (QED) is 0.450. The van der Waals surface area contributed by atoms with Gasteiger partial charge in [0.05, 0.1) is 27.9 Å². The lowest BCUT2D eigenvalue weighted by Gasteiger charge is -2.08. The van der Waals surface area contributed by atoms with Gasteiger partial charge in [0.25, 0.3) is 0 Å². The van der Waals surface area contributed by atoms with E-state index < -0.39 is 27.8 Å². The Labute approximate surface area is 115 Å². The van der Waals surface area contributed by atoms with Crippen molar-refractivity contribution in [3.8, 4) is 0 Å². The van der Waals surface area contributed by atoms with Crippen molar-refractivity contribution in [2.45, 2.75) is 12.8 Å². The Hall–Kier alpha value is -1.93. The van der Waals surface area contributed by atoms with E-state index in [0.717, 1.165) is 0 Å². The molecule has 0 radical (unpaired) electrons. The number of carbonyl (C=O) groups excluding carboxylic acids is 1. The van der Waals surface area contributed by atoms with Gasteiger partial charge in [-0.05, 0) is 25.0 Å². The largest absolute Gasteiger partial charge is 0.748 e. The van der Waals surface area contributed by atoms with E-state index in [9.17, 15) is 22.6 Å². The lowest BCUT2D eigenvalue weighted by Crippen LogP contribution is -2.13. The van der Waals surface area contributed by atoms with Crippen LogP contribution in [0.1, 0.15) is 33.6 Å². The first kappa shape index (κ1) is 16.1. The summed E-state index contributed by atoms with van der Waals surface area (Å²) in [7, 11) is -4.26. The molecule has 110 valence electrons. The van der Waals surface area contributed by atoms with Crippen molar-refractivity contribution in [1.29, 1.82) is 0 Å². The Balaban J connectivity index is 2.50. The second kappa shape index (κ2) is 7.01. The summed E-state index contributed by atoms with van der Waals surface area (Å²) >= 11 is 0. The van der Waals surface area contributed by atoms with Gasteiger partial charge in [0.15, 0.2) is 0 Å². The maximum absolute atomic E-state index is 11.7. The second-order valence-corrected chi connectivity index (χ2v) is 5.48. The van der Waals surface area contributed by atoms with Gasteiger partial charge in [0.2, 0.25) is 0 Å². The predicted molar refractivity (Wildman–Crippen MR) is 67.5 cm³/mol. The van der Waals surface area contributed by atoms with Crippen molar-refractivity contribution < 1.29 is 32.4 Å². The van der Waals surface area contributed by atoms with Gasteiger partial charge in [0.1, 0.15) is 0 Å². The van der Waals surface area contributed by atoms with Crippen LogP contribution in [-0.4, -0.2) is 42.4 Å². The SMILES string of the molecule is O=C(O)c1ccccc1C(=O)OCCCCS(=O)(=O)[O-]. The molecule has 0 amide bonds. The highest BCUT2D eigenvalue weighted by atomic mass is 32.2. The molecule has 0 saturated heterocycles. The van der Waals surface area contributed by atoms with E-state index in [1.54, 1.807) is 0 Å². The second-order valence-electron chi connectivity index (χ2n) is 3.96. The number of carboxylic acids is 1. The van der Waals surface area contributed by atoms with Crippen molar-refractivity contribution in [1.82, 2.24) is 0 Å². The number of hydrogen-bond acceptors (Lipinski definition) is 6. The zero-order valence-electron chi connectivity index (χ0n) is 10.4. The van der Waals surface area contributed by atoms with Gasteiger partial charge in [-0.2, -0.15) is 0 Å². The number of carboxylic acid groups (broad SMARTS) is 1. The maximum Gasteiger partial charge on any atom is 0.339 e. The van der Waals surface area contributed by atoms with Crippen molar-refractivity contribution >= 4 is 22.1 Å². The molecule has 0 atom stereocenters. The number of ether oxygens (including phenoxy) is 1. The lowest BCUT2D eigenvalue weighted by atomic mass is 10.1. The smallest absolute Gasteiger partial charge is 0.339 e. The summed E-state index contributed by atoms with van der Waals surface area (Å²) in [6.07, 6.45) is 0.294. The van der Waals surface area contributed by atoms with Crippen LogP contribution in [-0.2, 0) is 14.9 Å². The average molecular weight is 301 g/mol. The molecular formula is C12H13O7S-. The normalized spacial score (nSPS) is 11.1. The van der Waals surface area contributed by atoms with E-state index >= 15 is 0 Å². The first-order valence-corrected chi connectivity index (χ1v) is 7.32. The van der Waals surface area contributed by atoms with Gasteiger partial charge in [-0.1, -0.05) is 12.1 Å². The van der Waals surface area contributed by atoms with Gasteiger partial charge in [-0.15, -0.1) is 0 Å². The van der Waals surface area contributed by atoms with Gasteiger partial charge in [-0.3, -0.25) is 0 Å². The van der Waals surface area contributed by atoms with Crippen LogP contribution < -0.4 is 0 Å². The minimum Gasteiger partial charge on any atom is -0.748 e. The zero-order chi connectivity index (χ0) is 15.2. The fourth-order valence-electron chi connectivity index (χ4n) is 1.47. The summed E-state index contributed by atoms with van der Waals surface area (Å²) in [5.41, 5.74) is -0.240. The standard InChI is InChI=1S/C12H14O7S/c13-11(14)9-5-1-2-6-10(9)12(15)19-7-3-4-8-20(16,17)18/h1-2,5-6H,3-4,7-8H2,(H,13,14)(H,16,17,18)/p-1. The van der Waals surface area contributed by atoms with Crippen LogP contribution in [0.25, 0.3) is 0 Å². The Bertz CT molecular complexity index is 592. The highest BCUT2D eigenvalue weighted by Gasteiger charge is 2.16. The highest BCUT2D eigenvalue weighted by Crippen LogP contribution is 2.10. The first-order chi connectivity index (χ1) is 9.31. The fourth-order valence-corrected chi connectivity index (χ4v) is 2.03. The molecule has 8 heteroatoms. The summed E-state index contributed by atoms with van der Waals surface area (Å²) in [5.74, 6) is -2.56. The number of rotatable bonds is 7. The van der Waals surface area contributed by atoms with Gasteiger partial charge < -0.3 is 14.4 Å². The Morgan fingerprint density at radius 3 is 2.30 bits per heavy atom. The first-order valence-electron chi connectivity index (χ1n) is 5.74. The third kappa shape index (κ3) is 5.37. The van der Waals surface area contributed by atoms with Crippen LogP contribution >= 0.6 is 0 Å². The number of esters is 1. The average Bonchev–Trinajstić information content (AvgIpc) is 2.36. The third-order valence-electron chi connectivity index (χ3n) is 2.40. The van der Waals surface area contributed by atoms with Crippen LogP contribution in [0.4, 0.5) is 0 Å². The van der Waals surface area contributed by atoms with E-state index in [4.69, 9.17) is 9.84 Å². The zero-order valence-corrected chi connectivity index (χ0v) is 11.3. The number of hydrogen-bond donors (Lipinski definition) is 1. The summed E-state index contributed by atoms with van der Waals surface area (Å²) in [4.78, 5) is 22.6. The summed E-state index contributed by atoms with van der Waals surface area (Å²) in [6, 6.07) is 5.60. The number of unbranched alkanes of at least 4 members (excludes halogenated alkanes) is 1. The van der Waals surface area contributed by atoms with Crippen molar-refractivity contribution in [2.75, 3.05) is 12.4 Å². The number of aromatic carboxylic acids is 1. The molecule has 1 aromatic rings. The Morgan fingerprint density at radius 2 is 1.75 bits per heavy atom. The summed E-state index contributed by atoms with van der Waals surface area (Å²) < 4.78 is 35.9. The third-order valence-corrected chi connectivity index (χ3v) is 3.19. The van der Waals surface area contributed by atoms with Crippen LogP contribution in [0.15, 0.2) is 24.3 Å². The summed E-state index contributed by atoms with van der Waals surface area (Å²) in [6.45, 7) is -0.0810. The molecule has 20 heavy (non-hydrogen) atoms. The van der Waals surface area contributed by atoms with Crippen molar-refractivity contribution in [2.24, 2.45) is 0 Å². The molecule has 0 saturated carbocycles. The number of benzene rings is 1. The molecule has 0 bridgehead atoms. The molecule has 0 aliphatic heterocycles. The molecule has 7 nitrogen and oxygen atoms in total. The molecule has 0 fully saturated rings. The van der Waals surface area contributed by atoms with Gasteiger partial charge >= 0.3 is 11.9 Å². The molecule has 0 aliphatic rings. The van der Waals surface area contributed by atoms with Crippen molar-refractivity contribution in [3.63, 3.8) is 0 Å². The topological polar surface area (TPSA) is 121 Å². The molecule has 0 aliphatic carbocycles. The fraction of sp³-hybridized carbons (Fsp3) is 0.333. The van der Waals surface area contributed by atoms with E-state index in [0.29, 0.717) is 0 Å². The minimum absolute atomic E-state index is 0.0727. The number of carbonyl (C=O) groups is 2. The lowest BCUT2D eigenvalue weighted by molar-refractivity contribution is 0.0489. The van der Waals surface area contributed by atoms with Crippen LogP contribution in [0.5, 0.6) is 0 Å². The van der Waals surface area contributed by atoms with Crippen LogP contribution in [0.2, 0.25) is 0 Å². The van der Waals surface area contributed by atoms with Crippen molar-refractivity contribution in [3.05, 3.63) is 35.4 Å². The molecule has 1 aromatic carbocycles. The Morgan fingerprint density at radius 1 is 1.15 bits per heavy atom. The van der Waals surface area contributed by atoms with E-state index in [1.807, 2.05) is 0 Å². The minimum atomic E-state index is -4.26. The van der Waals surface area contributed by atoms with Gasteiger partial charge in [-0.25, -0.2) is 18.0 Å². The van der Waals surface area contributed by atoms with Crippen LogP contribution in [0, 0.1) is 0 Å². The van der Waals surface area contributed by atoms with E-state index in [-0.39, 0.29) is 30.6 Å². The van der Waals surface area contributed by atoms with E-state index in [2.05, 4.69) is 0 Å². The molecule has 0 unspecified atom stereocenters. The molecule has 0 heterocycles. The monoisotopic (exact) mass is 301 g/mol. The van der Waals surface area contributed by atoms with E-state index in [1.165, 1.54) is 24.3 Å². The molecule has 0 spiro atoms. The van der Waals surface area contributed by atoms with Crippen LogP contribution in [0.3, 0.4) is 0 Å². The van der Waals surface area contributed by atoms with Gasteiger partial charge in [0, 0.05) is 5.75 Å². The molecule has 1 rings (SSSR count). The molecular weight excluding hydrogens is 288 g/mol. The summed E-state index contributed by atoms with van der Waals surface area (Å²) in [5, 5.41) is 8.90. The molecule has 1 N–H and O–H groups in total. The molecule has 0 aromatic heterocycles. The highest BCUT2D eigenvalue weighted by molar-refractivity contribution is 7.85. The predicted octanol–water partition coefficient (Wildman–Crippen LogP) is 0.867. The Kier molecular flexibility index (Phi) is 5.66.